The van der Waals surface area contributed by atoms with E-state index >= 15 is 0 Å². The third kappa shape index (κ3) is 32.9. The molecule has 1 aromatic heterocycles. The fourth-order valence-corrected chi connectivity index (χ4v) is 11.4. The van der Waals surface area contributed by atoms with Crippen LogP contribution in [0.1, 0.15) is 216 Å². The van der Waals surface area contributed by atoms with Gasteiger partial charge in [0.05, 0.1) is 12.6 Å². The van der Waals surface area contributed by atoms with Gasteiger partial charge in [0, 0.05) is 49.7 Å². The highest BCUT2D eigenvalue weighted by atomic mass is 16.3. The van der Waals surface area contributed by atoms with E-state index in [9.17, 15) is 91.4 Å². The highest BCUT2D eigenvalue weighted by Gasteiger charge is 2.45. The van der Waals surface area contributed by atoms with Crippen molar-refractivity contribution in [2.75, 3.05) is 6.61 Å². The normalized spacial score (nSPS) is 14.2. The van der Waals surface area contributed by atoms with Gasteiger partial charge in [0.1, 0.15) is 81.1 Å². The molecule has 1 aromatic carbocycles. The molecule has 1 heterocycles. The number of carbonyl (C=O) groups is 18. The summed E-state index contributed by atoms with van der Waals surface area (Å²) in [7, 11) is 0. The second-order valence-corrected chi connectivity index (χ2v) is 34.2. The van der Waals surface area contributed by atoms with Crippen LogP contribution in [-0.2, 0) is 92.7 Å². The molecule has 23 N–H and O–H groups in total. The van der Waals surface area contributed by atoms with Crippen molar-refractivity contribution in [1.82, 2.24) is 84.7 Å². The number of aliphatic hydroxyl groups excluding tert-OH is 1. The number of nitrogens with two attached hydrogens (primary N) is 3. The van der Waals surface area contributed by atoms with Gasteiger partial charge in [-0.2, -0.15) is 0 Å². The largest absolute Gasteiger partial charge is 0.394 e. The van der Waals surface area contributed by atoms with E-state index < -0.39 is 226 Å². The first-order chi connectivity index (χ1) is 52.6. The van der Waals surface area contributed by atoms with Crippen molar-refractivity contribution < 1.29 is 91.4 Å². The Labute approximate surface area is 671 Å². The summed E-state index contributed by atoms with van der Waals surface area (Å²) in [6, 6.07) is -2.96. The van der Waals surface area contributed by atoms with E-state index in [1.54, 1.807) is 33.9 Å². The van der Waals surface area contributed by atoms with Gasteiger partial charge < -0.3 is 107 Å². The Morgan fingerprint density at radius 3 is 1.03 bits per heavy atom. The molecule has 0 spiro atoms. The first-order valence-electron chi connectivity index (χ1n) is 38.3. The number of aliphatic hydroxyl groups is 1. The van der Waals surface area contributed by atoms with Crippen LogP contribution in [0.15, 0.2) is 30.5 Å². The SMILES string of the molecule is CC(=O)N[C@H](Cc1c[nH]c2ccccc12)C(=O)N[C@@H](C)C(=O)NC(C)(C)C(=O)NC(C)(C)C(=O)N[C@@H](CC(C)C)C(=O)NC(C)(C)C(=O)N[C@H](CCC(N)=O)C(=O)NC(C)(C)C(=O)NC(C)(C)C(=O)NC(C)(C)C(=O)N[C@@H](CCC(N)=O)C(=O)N[C@@H](CC(C)C)C(=O)NC(C)(C)C(=O)N[C@@H](CCC(N)=O)C(=O)N[C@H](CO)CC(C)C. The zero-order valence-corrected chi connectivity index (χ0v) is 70.5. The lowest BCUT2D eigenvalue weighted by Crippen LogP contribution is -2.68. The zero-order valence-electron chi connectivity index (χ0n) is 70.5. The molecule has 115 heavy (non-hydrogen) atoms. The number of H-pyrrole nitrogens is 1. The molecule has 2 aromatic rings. The van der Waals surface area contributed by atoms with Gasteiger partial charge in [-0.3, -0.25) is 86.3 Å². The Hall–Kier alpha value is -10.8. The lowest BCUT2D eigenvalue weighted by molar-refractivity contribution is -0.141. The maximum absolute atomic E-state index is 14.2. The second-order valence-electron chi connectivity index (χ2n) is 34.2. The number of hydrogen-bond donors (Lipinski definition) is 20. The van der Waals surface area contributed by atoms with Gasteiger partial charge in [0.25, 0.3) is 0 Å². The van der Waals surface area contributed by atoms with Crippen molar-refractivity contribution in [2.24, 2.45) is 35.0 Å². The Balaban J connectivity index is 2.26. The summed E-state index contributed by atoms with van der Waals surface area (Å²) < 4.78 is 0. The van der Waals surface area contributed by atoms with Crippen LogP contribution in [0.4, 0.5) is 0 Å². The topological polar surface area (TPSA) is 602 Å². The van der Waals surface area contributed by atoms with E-state index in [1.165, 1.54) is 111 Å². The molecule has 2 rings (SSSR count). The number of para-hydroxylation sites is 1. The minimum atomic E-state index is -1.95. The van der Waals surface area contributed by atoms with Gasteiger partial charge in [0.2, 0.25) is 106 Å². The van der Waals surface area contributed by atoms with E-state index in [-0.39, 0.29) is 49.9 Å². The Morgan fingerprint density at radius 2 is 0.661 bits per heavy atom. The van der Waals surface area contributed by atoms with Crippen LogP contribution in [0.3, 0.4) is 0 Å². The molecule has 0 saturated carbocycles. The standard InChI is InChI=1S/C77H127N19O19/c1-39(2)33-45(38-97)84-58(103)48(27-30-54(78)99)86-64(109)71(9,10)92-62(107)51(34-40(3)4)85-59(104)49(28-31-55(79)100)87-66(111)73(13,14)95-70(115)77(21,22)96-69(114)76(19,20)91-61(106)50(29-32-56(80)101)88-65(110)72(11,12)93-63(108)52(35-41(5)6)89-67(112)74(15,16)94-68(113)75(17,18)90-57(102)42(7)82-60(105)53(83-43(8)98)36-44-37-81-47-26-24-23-25-46(44)47/h23-26,37,39-42,45,48-53,81,97H,27-36,38H2,1-22H3,(H2,78,99)(H2,79,100)(H2,80,101)(H,82,105)(H,83,98)(H,84,103)(H,85,104)(H,86,109)(H,87,111)(H,88,110)(H,89,112)(H,90,102)(H,91,106)(H,92,107)(H,93,108)(H,94,113)(H,95,115)(H,96,114)/t42-,45-,48-,49-,50+,51-,52-,53+/m0/s1. The van der Waals surface area contributed by atoms with Gasteiger partial charge in [-0.15, -0.1) is 0 Å². The number of aromatic amines is 1. The average Bonchev–Trinajstić information content (AvgIpc) is 1.47. The molecular formula is C77H127N19O19. The maximum atomic E-state index is 14.2. The van der Waals surface area contributed by atoms with E-state index in [4.69, 9.17) is 17.2 Å². The Morgan fingerprint density at radius 1 is 0.357 bits per heavy atom. The van der Waals surface area contributed by atoms with E-state index in [0.717, 1.165) is 16.5 Å². The van der Waals surface area contributed by atoms with Crippen LogP contribution in [0, 0.1) is 17.8 Å². The molecule has 0 radical (unpaired) electrons. The van der Waals surface area contributed by atoms with E-state index in [0.29, 0.717) is 6.42 Å². The molecule has 8 atom stereocenters. The predicted octanol–water partition coefficient (Wildman–Crippen LogP) is -2.18. The maximum Gasteiger partial charge on any atom is 0.246 e. The third-order valence-electron chi connectivity index (χ3n) is 18.4. The molecule has 0 aliphatic rings. The number of nitrogens with one attached hydrogen (secondary N) is 16. The molecule has 0 fully saturated rings. The number of rotatable bonds is 47. The summed E-state index contributed by atoms with van der Waals surface area (Å²) in [6.07, 6.45) is -0.204. The second kappa shape index (κ2) is 42.5. The zero-order chi connectivity index (χ0) is 88.6. The number of benzene rings is 1. The van der Waals surface area contributed by atoms with Crippen LogP contribution in [0.2, 0.25) is 0 Å². The van der Waals surface area contributed by atoms with Crippen LogP contribution in [0.25, 0.3) is 10.9 Å². The van der Waals surface area contributed by atoms with Gasteiger partial charge >= 0.3 is 0 Å². The van der Waals surface area contributed by atoms with Crippen LogP contribution < -0.4 is 97.0 Å². The average molecular weight is 1620 g/mol. The molecule has 38 nitrogen and oxygen atoms in total. The quantitative estimate of drug-likeness (QED) is 0.0335. The minimum Gasteiger partial charge on any atom is -0.394 e. The van der Waals surface area contributed by atoms with Gasteiger partial charge in [-0.25, -0.2) is 0 Å². The molecular weight excluding hydrogens is 1490 g/mol. The highest BCUT2D eigenvalue weighted by molar-refractivity contribution is 6.04. The van der Waals surface area contributed by atoms with Crippen molar-refractivity contribution in [3.63, 3.8) is 0 Å². The van der Waals surface area contributed by atoms with Crippen molar-refractivity contribution in [1.29, 1.82) is 0 Å². The van der Waals surface area contributed by atoms with E-state index in [2.05, 4.69) is 84.7 Å². The molecule has 0 aliphatic heterocycles. The summed E-state index contributed by atoms with van der Waals surface area (Å²) in [6.45, 7) is 31.0. The summed E-state index contributed by atoms with van der Waals surface area (Å²) in [5.74, 6) is -16.1. The highest BCUT2D eigenvalue weighted by Crippen LogP contribution is 2.22. The minimum absolute atomic E-state index is 0.0104. The van der Waals surface area contributed by atoms with Crippen molar-refractivity contribution in [3.05, 3.63) is 36.0 Å². The Kier molecular flexibility index (Phi) is 37.1. The number of primary amides is 3. The van der Waals surface area contributed by atoms with Crippen molar-refractivity contribution >= 4 is 117 Å². The fraction of sp³-hybridized carbons (Fsp3) is 0.662. The molecule has 644 valence electrons. The number of carbonyl (C=O) groups excluding carboxylic acids is 18. The van der Waals surface area contributed by atoms with Gasteiger partial charge in [-0.1, -0.05) is 59.7 Å². The first-order valence-corrected chi connectivity index (χ1v) is 38.3. The van der Waals surface area contributed by atoms with Crippen molar-refractivity contribution in [2.45, 2.75) is 304 Å². The summed E-state index contributed by atoms with van der Waals surface area (Å²) in [4.78, 5) is 247. The molecule has 38 heteroatoms. The third-order valence-corrected chi connectivity index (χ3v) is 18.4. The summed E-state index contributed by atoms with van der Waals surface area (Å²) in [5, 5.41) is 49.2. The number of aromatic nitrogens is 1. The van der Waals surface area contributed by atoms with Crippen LogP contribution in [0.5, 0.6) is 0 Å². The molecule has 0 unspecified atom stereocenters. The fourth-order valence-electron chi connectivity index (χ4n) is 11.4. The summed E-state index contributed by atoms with van der Waals surface area (Å²) in [5.41, 5.74) is 4.83. The summed E-state index contributed by atoms with van der Waals surface area (Å²) >= 11 is 0. The van der Waals surface area contributed by atoms with Crippen LogP contribution >= 0.6 is 0 Å². The molecule has 0 bridgehead atoms. The van der Waals surface area contributed by atoms with Crippen LogP contribution in [-0.4, -0.2) is 210 Å². The van der Waals surface area contributed by atoms with Crippen molar-refractivity contribution in [3.8, 4) is 0 Å². The number of hydrogen-bond acceptors (Lipinski definition) is 19. The van der Waals surface area contributed by atoms with E-state index in [1.807, 2.05) is 38.1 Å². The monoisotopic (exact) mass is 1620 g/mol. The number of fused-ring (bicyclic) bond motifs is 1. The first kappa shape index (κ1) is 100. The molecule has 18 amide bonds. The number of amides is 18. The molecule has 0 aliphatic carbocycles. The molecule has 0 saturated heterocycles. The van der Waals surface area contributed by atoms with Gasteiger partial charge in [-0.05, 0) is 172 Å². The lowest BCUT2D eigenvalue weighted by Gasteiger charge is -2.36. The smallest absolute Gasteiger partial charge is 0.246 e. The van der Waals surface area contributed by atoms with Gasteiger partial charge in [0.15, 0.2) is 0 Å². The lowest BCUT2D eigenvalue weighted by atomic mass is 9.95. The predicted molar refractivity (Wildman–Crippen MR) is 425 cm³/mol. The Bertz CT molecular complexity index is 3900.